The van der Waals surface area contributed by atoms with Gasteiger partial charge >= 0.3 is 5.97 Å². The first-order valence-electron chi connectivity index (χ1n) is 11.6. The molecule has 0 saturated carbocycles. The fourth-order valence-electron chi connectivity index (χ4n) is 4.53. The Labute approximate surface area is 205 Å². The zero-order valence-corrected chi connectivity index (χ0v) is 21.0. The minimum absolute atomic E-state index is 0.227. The van der Waals surface area contributed by atoms with Crippen LogP contribution in [0.4, 0.5) is 5.69 Å². The summed E-state index contributed by atoms with van der Waals surface area (Å²) in [5.41, 5.74) is 5.61. The number of amides is 1. The lowest BCUT2D eigenvalue weighted by atomic mass is 9.86. The SMILES string of the molecule is Cc1ccc(-c2c(C)c3c(c(C)c2[C@H](OC(C)(C)C)C(=O)O)NC(=O)c2ccccc2CO3)cc1. The molecule has 4 rings (SSSR count). The summed E-state index contributed by atoms with van der Waals surface area (Å²) < 4.78 is 12.4. The van der Waals surface area contributed by atoms with Crippen molar-refractivity contribution in [1.29, 1.82) is 0 Å². The number of aliphatic carboxylic acids is 1. The van der Waals surface area contributed by atoms with E-state index in [1.54, 1.807) is 6.07 Å². The Morgan fingerprint density at radius 2 is 1.69 bits per heavy atom. The summed E-state index contributed by atoms with van der Waals surface area (Å²) in [6.07, 6.45) is -1.25. The van der Waals surface area contributed by atoms with Crippen LogP contribution in [0.5, 0.6) is 5.75 Å². The van der Waals surface area contributed by atoms with E-state index in [0.29, 0.717) is 28.1 Å². The first-order chi connectivity index (χ1) is 16.5. The van der Waals surface area contributed by atoms with Crippen molar-refractivity contribution in [3.8, 4) is 16.9 Å². The molecule has 0 unspecified atom stereocenters. The molecule has 1 heterocycles. The Hall–Kier alpha value is -3.64. The number of nitrogens with one attached hydrogen (secondary N) is 1. The molecule has 3 aromatic carbocycles. The Morgan fingerprint density at radius 1 is 1.03 bits per heavy atom. The molecule has 1 aliphatic rings. The van der Waals surface area contributed by atoms with Gasteiger partial charge in [-0.2, -0.15) is 0 Å². The smallest absolute Gasteiger partial charge is 0.337 e. The second kappa shape index (κ2) is 9.19. The van der Waals surface area contributed by atoms with Gasteiger partial charge in [0.15, 0.2) is 6.10 Å². The molecule has 0 bridgehead atoms. The van der Waals surface area contributed by atoms with Crippen LogP contribution >= 0.6 is 0 Å². The lowest BCUT2D eigenvalue weighted by molar-refractivity contribution is -0.160. The van der Waals surface area contributed by atoms with E-state index in [2.05, 4.69) is 5.32 Å². The second-order valence-electron chi connectivity index (χ2n) is 9.96. The van der Waals surface area contributed by atoms with Gasteiger partial charge in [0.1, 0.15) is 12.4 Å². The van der Waals surface area contributed by atoms with E-state index in [4.69, 9.17) is 9.47 Å². The summed E-state index contributed by atoms with van der Waals surface area (Å²) in [6.45, 7) is 11.4. The number of carboxylic acid groups (broad SMARTS) is 1. The predicted octanol–water partition coefficient (Wildman–Crippen LogP) is 6.36. The van der Waals surface area contributed by atoms with Crippen molar-refractivity contribution in [2.24, 2.45) is 0 Å². The summed E-state index contributed by atoms with van der Waals surface area (Å²) in [5.74, 6) is -0.825. The summed E-state index contributed by atoms with van der Waals surface area (Å²) in [5, 5.41) is 13.3. The van der Waals surface area contributed by atoms with Gasteiger partial charge in [0.25, 0.3) is 5.91 Å². The first kappa shape index (κ1) is 24.5. The maximum absolute atomic E-state index is 13.2. The van der Waals surface area contributed by atoms with Gasteiger partial charge in [0.05, 0.1) is 11.3 Å². The molecule has 182 valence electrons. The molecule has 35 heavy (non-hydrogen) atoms. The van der Waals surface area contributed by atoms with Crippen LogP contribution < -0.4 is 10.1 Å². The van der Waals surface area contributed by atoms with Crippen LogP contribution in [0.2, 0.25) is 0 Å². The zero-order chi connectivity index (χ0) is 25.5. The van der Waals surface area contributed by atoms with Gasteiger partial charge in [-0.1, -0.05) is 48.0 Å². The summed E-state index contributed by atoms with van der Waals surface area (Å²) in [7, 11) is 0. The first-order valence-corrected chi connectivity index (χ1v) is 11.6. The number of carboxylic acids is 1. The quantitative estimate of drug-likeness (QED) is 0.460. The van der Waals surface area contributed by atoms with E-state index in [1.807, 2.05) is 84.0 Å². The fraction of sp³-hybridized carbons (Fsp3) is 0.310. The van der Waals surface area contributed by atoms with Crippen molar-refractivity contribution in [2.45, 2.75) is 59.9 Å². The number of hydrogen-bond donors (Lipinski definition) is 2. The van der Waals surface area contributed by atoms with E-state index >= 15 is 0 Å². The molecule has 6 heteroatoms. The second-order valence-corrected chi connectivity index (χ2v) is 9.96. The zero-order valence-electron chi connectivity index (χ0n) is 21.0. The highest BCUT2D eigenvalue weighted by molar-refractivity contribution is 6.07. The molecular weight excluding hydrogens is 442 g/mol. The van der Waals surface area contributed by atoms with Crippen molar-refractivity contribution < 1.29 is 24.2 Å². The maximum Gasteiger partial charge on any atom is 0.337 e. The van der Waals surface area contributed by atoms with Gasteiger partial charge < -0.3 is 19.9 Å². The van der Waals surface area contributed by atoms with Crippen LogP contribution in [0.1, 0.15) is 65.1 Å². The van der Waals surface area contributed by atoms with Gasteiger partial charge in [0, 0.05) is 22.3 Å². The molecule has 1 aliphatic heterocycles. The number of aryl methyl sites for hydroxylation is 1. The van der Waals surface area contributed by atoms with E-state index in [9.17, 15) is 14.7 Å². The molecule has 0 saturated heterocycles. The molecule has 6 nitrogen and oxygen atoms in total. The Morgan fingerprint density at radius 3 is 2.31 bits per heavy atom. The van der Waals surface area contributed by atoms with E-state index in [-0.39, 0.29) is 12.5 Å². The average molecular weight is 474 g/mol. The van der Waals surface area contributed by atoms with E-state index < -0.39 is 17.7 Å². The maximum atomic E-state index is 13.2. The molecule has 0 aliphatic carbocycles. The third-order valence-corrected chi connectivity index (χ3v) is 6.16. The van der Waals surface area contributed by atoms with E-state index in [1.165, 1.54) is 0 Å². The minimum Gasteiger partial charge on any atom is -0.486 e. The molecular formula is C29H31NO5. The van der Waals surface area contributed by atoms with Crippen molar-refractivity contribution >= 4 is 17.6 Å². The van der Waals surface area contributed by atoms with Gasteiger partial charge in [-0.3, -0.25) is 4.79 Å². The summed E-state index contributed by atoms with van der Waals surface area (Å²) in [6, 6.07) is 15.2. The standard InChI is InChI=1S/C29H31NO5/c1-16-11-13-19(14-12-16)22-18(3)25-24(17(2)23(22)26(28(32)33)35-29(4,5)6)30-27(31)21-10-8-7-9-20(21)15-34-25/h7-14,26H,15H2,1-6H3,(H,30,31)(H,32,33)/t26-/m0/s1. The third kappa shape index (κ3) is 4.80. The van der Waals surface area contributed by atoms with Crippen LogP contribution in [0.25, 0.3) is 11.1 Å². The predicted molar refractivity (Wildman–Crippen MR) is 136 cm³/mol. The number of fused-ring (bicyclic) bond motifs is 2. The van der Waals surface area contributed by atoms with E-state index in [0.717, 1.165) is 27.8 Å². The highest BCUT2D eigenvalue weighted by Crippen LogP contribution is 2.47. The number of ether oxygens (including phenoxy) is 2. The highest BCUT2D eigenvalue weighted by atomic mass is 16.5. The van der Waals surface area contributed by atoms with Gasteiger partial charge in [-0.15, -0.1) is 0 Å². The number of carbonyl (C=O) groups excluding carboxylic acids is 1. The minimum atomic E-state index is -1.25. The van der Waals surface area contributed by atoms with Crippen LogP contribution in [0.15, 0.2) is 48.5 Å². The Balaban J connectivity index is 2.02. The average Bonchev–Trinajstić information content (AvgIpc) is 2.78. The lowest BCUT2D eigenvalue weighted by Crippen LogP contribution is -2.29. The molecule has 1 amide bonds. The molecule has 0 radical (unpaired) electrons. The number of rotatable bonds is 4. The molecule has 2 N–H and O–H groups in total. The number of hydrogen-bond acceptors (Lipinski definition) is 4. The monoisotopic (exact) mass is 473 g/mol. The number of carbonyl (C=O) groups is 2. The van der Waals surface area contributed by atoms with Crippen molar-refractivity contribution in [3.05, 3.63) is 81.9 Å². The third-order valence-electron chi connectivity index (χ3n) is 6.16. The lowest BCUT2D eigenvalue weighted by Gasteiger charge is -2.31. The molecule has 1 atom stereocenters. The molecule has 3 aromatic rings. The Bertz CT molecular complexity index is 1300. The van der Waals surface area contributed by atoms with Gasteiger partial charge in [0.2, 0.25) is 0 Å². The highest BCUT2D eigenvalue weighted by Gasteiger charge is 2.35. The van der Waals surface area contributed by atoms with Gasteiger partial charge in [-0.05, 0) is 64.3 Å². The topological polar surface area (TPSA) is 84.9 Å². The van der Waals surface area contributed by atoms with Crippen LogP contribution in [0.3, 0.4) is 0 Å². The molecule has 0 fully saturated rings. The number of anilines is 1. The van der Waals surface area contributed by atoms with Crippen LogP contribution in [-0.4, -0.2) is 22.6 Å². The Kier molecular flexibility index (Phi) is 6.43. The van der Waals surface area contributed by atoms with Gasteiger partial charge in [-0.25, -0.2) is 4.79 Å². The van der Waals surface area contributed by atoms with Crippen molar-refractivity contribution in [3.63, 3.8) is 0 Å². The molecule has 0 spiro atoms. The number of benzene rings is 3. The van der Waals surface area contributed by atoms with Crippen molar-refractivity contribution in [2.75, 3.05) is 5.32 Å². The summed E-state index contributed by atoms with van der Waals surface area (Å²) in [4.78, 5) is 25.8. The van der Waals surface area contributed by atoms with Crippen LogP contribution in [0, 0.1) is 20.8 Å². The van der Waals surface area contributed by atoms with Crippen molar-refractivity contribution in [1.82, 2.24) is 0 Å². The normalized spacial score (nSPS) is 14.1. The fourth-order valence-corrected chi connectivity index (χ4v) is 4.53. The summed E-state index contributed by atoms with van der Waals surface area (Å²) >= 11 is 0. The largest absolute Gasteiger partial charge is 0.486 e. The van der Waals surface area contributed by atoms with Crippen LogP contribution in [-0.2, 0) is 16.1 Å². The molecule has 0 aromatic heterocycles.